The van der Waals surface area contributed by atoms with Gasteiger partial charge in [-0.1, -0.05) is 48.0 Å². The Morgan fingerprint density at radius 2 is 1.96 bits per heavy atom. The van der Waals surface area contributed by atoms with Crippen LogP contribution < -0.4 is 5.56 Å². The largest absolute Gasteiger partial charge is 0.477 e. The smallest absolute Gasteiger partial charge is 0.346 e. The lowest BCUT2D eigenvalue weighted by Gasteiger charge is -2.02. The monoisotopic (exact) mass is 396 g/mol. The van der Waals surface area contributed by atoms with Gasteiger partial charge in [-0.05, 0) is 41.0 Å². The van der Waals surface area contributed by atoms with Gasteiger partial charge in [-0.15, -0.1) is 11.3 Å². The number of hydrogen-bond acceptors (Lipinski definition) is 4. The predicted octanol–water partition coefficient (Wildman–Crippen LogP) is 4.88. The number of aromatic carboxylic acids is 1. The molecule has 5 nitrogen and oxygen atoms in total. The van der Waals surface area contributed by atoms with Gasteiger partial charge in [-0.3, -0.25) is 4.79 Å². The zero-order valence-electron chi connectivity index (χ0n) is 14.1. The minimum absolute atomic E-state index is 0.106. The molecule has 2 aromatic heterocycles. The Hall–Kier alpha value is -2.96. The maximum absolute atomic E-state index is 12.4. The number of rotatable bonds is 3. The maximum atomic E-state index is 12.4. The highest BCUT2D eigenvalue weighted by molar-refractivity contribution is 7.20. The fraction of sp³-hybridized carbons (Fsp3) is 0.0500. The highest BCUT2D eigenvalue weighted by Crippen LogP contribution is 2.29. The molecule has 0 bridgehead atoms. The van der Waals surface area contributed by atoms with E-state index in [4.69, 9.17) is 11.6 Å². The van der Waals surface area contributed by atoms with E-state index in [1.807, 2.05) is 42.5 Å². The van der Waals surface area contributed by atoms with Gasteiger partial charge in [0.2, 0.25) is 0 Å². The molecule has 0 saturated carbocycles. The first-order valence-corrected chi connectivity index (χ1v) is 9.26. The van der Waals surface area contributed by atoms with Gasteiger partial charge >= 0.3 is 5.97 Å². The number of carboxylic acids is 1. The fourth-order valence-electron chi connectivity index (χ4n) is 2.97. The summed E-state index contributed by atoms with van der Waals surface area (Å²) < 4.78 is 0. The number of hydrogen-bond donors (Lipinski definition) is 2. The van der Waals surface area contributed by atoms with Crippen molar-refractivity contribution in [2.24, 2.45) is 0 Å². The highest BCUT2D eigenvalue weighted by atomic mass is 35.5. The van der Waals surface area contributed by atoms with Crippen molar-refractivity contribution in [3.8, 4) is 0 Å². The average Bonchev–Trinajstić information content (AvgIpc) is 2.99. The topological polar surface area (TPSA) is 83.0 Å². The SMILES string of the molecule is Cc1c(C(=O)O)sc2nc(/C(Cl)=C/c3ccc4ccccc4c3)[nH]c(=O)c12. The molecule has 2 heterocycles. The summed E-state index contributed by atoms with van der Waals surface area (Å²) in [5.74, 6) is -0.866. The Labute approximate surface area is 162 Å². The number of benzene rings is 2. The van der Waals surface area contributed by atoms with Crippen molar-refractivity contribution in [3.05, 3.63) is 74.6 Å². The van der Waals surface area contributed by atoms with E-state index in [1.54, 1.807) is 13.0 Å². The summed E-state index contributed by atoms with van der Waals surface area (Å²) in [4.78, 5) is 31.2. The van der Waals surface area contributed by atoms with E-state index in [-0.39, 0.29) is 21.1 Å². The number of halogens is 1. The van der Waals surface area contributed by atoms with E-state index < -0.39 is 11.5 Å². The molecule has 0 saturated heterocycles. The van der Waals surface area contributed by atoms with E-state index in [9.17, 15) is 14.7 Å². The molecule has 2 N–H and O–H groups in total. The molecule has 0 fully saturated rings. The second-order valence-electron chi connectivity index (χ2n) is 6.05. The quantitative estimate of drug-likeness (QED) is 0.517. The number of carbonyl (C=O) groups is 1. The lowest BCUT2D eigenvalue weighted by atomic mass is 10.1. The molecule has 0 radical (unpaired) electrons. The van der Waals surface area contributed by atoms with Crippen molar-refractivity contribution in [2.75, 3.05) is 0 Å². The lowest BCUT2D eigenvalue weighted by Crippen LogP contribution is -2.10. The molecule has 0 unspecified atom stereocenters. The number of aryl methyl sites for hydroxylation is 1. The first-order chi connectivity index (χ1) is 12.9. The molecule has 2 aromatic carbocycles. The first kappa shape index (κ1) is 17.5. The third kappa shape index (κ3) is 3.13. The Bertz CT molecular complexity index is 1300. The molecule has 0 aliphatic rings. The van der Waals surface area contributed by atoms with E-state index in [1.165, 1.54) is 0 Å². The summed E-state index contributed by atoms with van der Waals surface area (Å²) >= 11 is 7.36. The molecule has 27 heavy (non-hydrogen) atoms. The zero-order valence-corrected chi connectivity index (χ0v) is 15.7. The molecule has 0 spiro atoms. The second kappa shape index (κ2) is 6.64. The number of fused-ring (bicyclic) bond motifs is 2. The van der Waals surface area contributed by atoms with Crippen molar-refractivity contribution < 1.29 is 9.90 Å². The third-order valence-electron chi connectivity index (χ3n) is 4.29. The molecule has 0 atom stereocenters. The molecule has 4 rings (SSSR count). The molecule has 0 aliphatic heterocycles. The molecule has 0 aliphatic carbocycles. The van der Waals surface area contributed by atoms with Gasteiger partial charge in [0.25, 0.3) is 5.56 Å². The van der Waals surface area contributed by atoms with Gasteiger partial charge in [-0.25, -0.2) is 9.78 Å². The summed E-state index contributed by atoms with van der Waals surface area (Å²) in [7, 11) is 0. The van der Waals surface area contributed by atoms with Crippen molar-refractivity contribution >= 4 is 61.0 Å². The molecule has 4 aromatic rings. The van der Waals surface area contributed by atoms with E-state index in [0.29, 0.717) is 10.4 Å². The van der Waals surface area contributed by atoms with Gasteiger partial charge < -0.3 is 10.1 Å². The summed E-state index contributed by atoms with van der Waals surface area (Å²) in [6.07, 6.45) is 1.72. The molecule has 134 valence electrons. The van der Waals surface area contributed by atoms with Crippen LogP contribution in [-0.2, 0) is 0 Å². The number of H-pyrrole nitrogens is 1. The Morgan fingerprint density at radius 3 is 2.70 bits per heavy atom. The minimum atomic E-state index is -1.07. The second-order valence-corrected chi connectivity index (χ2v) is 7.46. The van der Waals surface area contributed by atoms with Crippen LogP contribution in [0.5, 0.6) is 0 Å². The van der Waals surface area contributed by atoms with Crippen LogP contribution in [0.25, 0.3) is 32.1 Å². The number of thiophene rings is 1. The molecular formula is C20H13ClN2O3S. The normalized spacial score (nSPS) is 12.0. The molecular weight excluding hydrogens is 384 g/mol. The van der Waals surface area contributed by atoms with Crippen molar-refractivity contribution in [1.29, 1.82) is 0 Å². The number of carboxylic acid groups (broad SMARTS) is 1. The van der Waals surface area contributed by atoms with Crippen LogP contribution in [-0.4, -0.2) is 21.0 Å². The van der Waals surface area contributed by atoms with E-state index in [2.05, 4.69) is 9.97 Å². The van der Waals surface area contributed by atoms with Crippen molar-refractivity contribution in [3.63, 3.8) is 0 Å². The summed E-state index contributed by atoms with van der Waals surface area (Å²) in [6, 6.07) is 13.9. The summed E-state index contributed by atoms with van der Waals surface area (Å²) in [5, 5.41) is 12.0. The Balaban J connectivity index is 1.81. The number of nitrogens with zero attached hydrogens (tertiary/aromatic N) is 1. The van der Waals surface area contributed by atoms with Crippen LogP contribution in [0.4, 0.5) is 0 Å². The predicted molar refractivity (Wildman–Crippen MR) is 110 cm³/mol. The lowest BCUT2D eigenvalue weighted by molar-refractivity contribution is 0.0701. The van der Waals surface area contributed by atoms with Crippen LogP contribution in [0, 0.1) is 6.92 Å². The van der Waals surface area contributed by atoms with Crippen LogP contribution in [0.3, 0.4) is 0 Å². The zero-order chi connectivity index (χ0) is 19.1. The van der Waals surface area contributed by atoms with E-state index in [0.717, 1.165) is 27.7 Å². The first-order valence-electron chi connectivity index (χ1n) is 8.07. The summed E-state index contributed by atoms with van der Waals surface area (Å²) in [6.45, 7) is 1.60. The van der Waals surface area contributed by atoms with Crippen molar-refractivity contribution in [2.45, 2.75) is 6.92 Å². The van der Waals surface area contributed by atoms with Crippen molar-refractivity contribution in [1.82, 2.24) is 9.97 Å². The summed E-state index contributed by atoms with van der Waals surface area (Å²) in [5.41, 5.74) is 0.883. The van der Waals surface area contributed by atoms with Crippen LogP contribution in [0.15, 0.2) is 47.3 Å². The standard InChI is InChI=1S/C20H13ClN2O3S/c1-10-15-18(24)22-17(23-19(15)27-16(10)20(25)26)14(21)9-11-6-7-12-4-2-3-5-13(12)8-11/h2-9H,1H3,(H,25,26)(H,22,23,24)/b14-9-. The number of nitrogens with one attached hydrogen (secondary N) is 1. The van der Waals surface area contributed by atoms with Gasteiger partial charge in [-0.2, -0.15) is 0 Å². The minimum Gasteiger partial charge on any atom is -0.477 e. The highest BCUT2D eigenvalue weighted by Gasteiger charge is 2.19. The Morgan fingerprint density at radius 1 is 1.22 bits per heavy atom. The average molecular weight is 397 g/mol. The number of aromatic nitrogens is 2. The van der Waals surface area contributed by atoms with E-state index >= 15 is 0 Å². The fourth-order valence-corrected chi connectivity index (χ4v) is 4.21. The molecule has 0 amide bonds. The van der Waals surface area contributed by atoms with Gasteiger partial charge in [0.1, 0.15) is 9.71 Å². The van der Waals surface area contributed by atoms with Crippen LogP contribution in [0.1, 0.15) is 26.6 Å². The van der Waals surface area contributed by atoms with Gasteiger partial charge in [0.15, 0.2) is 5.82 Å². The third-order valence-corrected chi connectivity index (χ3v) is 5.75. The Kier molecular flexibility index (Phi) is 4.30. The number of aromatic amines is 1. The maximum Gasteiger partial charge on any atom is 0.346 e. The van der Waals surface area contributed by atoms with Crippen LogP contribution in [0.2, 0.25) is 0 Å². The van der Waals surface area contributed by atoms with Crippen LogP contribution >= 0.6 is 22.9 Å². The molecule has 7 heteroatoms. The van der Waals surface area contributed by atoms with Gasteiger partial charge in [0.05, 0.1) is 10.4 Å². The van der Waals surface area contributed by atoms with Gasteiger partial charge in [0, 0.05) is 0 Å².